The molecule has 0 saturated heterocycles. The summed E-state index contributed by atoms with van der Waals surface area (Å²) in [6.07, 6.45) is 2.95. The van der Waals surface area contributed by atoms with E-state index < -0.39 is 0 Å². The van der Waals surface area contributed by atoms with Crippen molar-refractivity contribution < 1.29 is 14.3 Å². The Hall–Kier alpha value is -2.15. The van der Waals surface area contributed by atoms with E-state index in [1.807, 2.05) is 29.2 Å². The molecule has 2 amide bonds. The van der Waals surface area contributed by atoms with Gasteiger partial charge in [-0.3, -0.25) is 0 Å². The highest BCUT2D eigenvalue weighted by atomic mass is 79.9. The van der Waals surface area contributed by atoms with Crippen molar-refractivity contribution in [2.45, 2.75) is 19.0 Å². The Morgan fingerprint density at radius 3 is 2.85 bits per heavy atom. The van der Waals surface area contributed by atoms with Gasteiger partial charge in [0.1, 0.15) is 17.5 Å². The monoisotopic (exact) mass is 421 g/mol. The van der Waals surface area contributed by atoms with Crippen LogP contribution in [0.2, 0.25) is 0 Å². The third kappa shape index (κ3) is 3.67. The van der Waals surface area contributed by atoms with Crippen molar-refractivity contribution in [2.24, 2.45) is 0 Å². The predicted octanol–water partition coefficient (Wildman–Crippen LogP) is 3.40. The van der Waals surface area contributed by atoms with Gasteiger partial charge >= 0.3 is 6.03 Å². The molecule has 2 heterocycles. The van der Waals surface area contributed by atoms with Gasteiger partial charge in [-0.25, -0.2) is 4.79 Å². The minimum Gasteiger partial charge on any atom is -0.497 e. The first-order valence-corrected chi connectivity index (χ1v) is 9.79. The van der Waals surface area contributed by atoms with E-state index in [9.17, 15) is 4.79 Å². The molecule has 0 radical (unpaired) electrons. The molecule has 0 spiro atoms. The normalized spacial score (nSPS) is 16.1. The van der Waals surface area contributed by atoms with Crippen LogP contribution in [-0.4, -0.2) is 48.1 Å². The van der Waals surface area contributed by atoms with Crippen molar-refractivity contribution in [3.8, 4) is 11.5 Å². The lowest BCUT2D eigenvalue weighted by molar-refractivity contribution is 0.167. The summed E-state index contributed by atoms with van der Waals surface area (Å²) in [6.45, 7) is 2.07. The minimum absolute atomic E-state index is 0.0544. The van der Waals surface area contributed by atoms with Crippen LogP contribution in [-0.2, 0) is 6.54 Å². The van der Waals surface area contributed by atoms with E-state index in [0.29, 0.717) is 18.8 Å². The van der Waals surface area contributed by atoms with Crippen LogP contribution < -0.4 is 14.8 Å². The van der Waals surface area contributed by atoms with Crippen LogP contribution in [0, 0.1) is 0 Å². The van der Waals surface area contributed by atoms with Gasteiger partial charge in [0.2, 0.25) is 0 Å². The van der Waals surface area contributed by atoms with E-state index in [4.69, 9.17) is 9.47 Å². The maximum atomic E-state index is 12.8. The number of hydrogen-bond acceptors (Lipinski definition) is 3. The molecule has 0 saturated carbocycles. The van der Waals surface area contributed by atoms with E-state index in [2.05, 4.69) is 38.1 Å². The zero-order valence-electron chi connectivity index (χ0n) is 15.1. The van der Waals surface area contributed by atoms with E-state index >= 15 is 0 Å². The average Bonchev–Trinajstić information content (AvgIpc) is 3.15. The second kappa shape index (κ2) is 8.49. The molecular weight excluding hydrogens is 398 g/mol. The smallest absolute Gasteiger partial charge is 0.318 e. The molecule has 26 heavy (non-hydrogen) atoms. The number of carbonyl (C=O) groups excluding carboxylic acids is 1. The summed E-state index contributed by atoms with van der Waals surface area (Å²) in [6, 6.07) is 9.56. The van der Waals surface area contributed by atoms with Gasteiger partial charge in [0, 0.05) is 48.5 Å². The van der Waals surface area contributed by atoms with Crippen LogP contribution >= 0.6 is 15.9 Å². The Labute approximate surface area is 162 Å². The first-order chi connectivity index (χ1) is 12.7. The zero-order chi connectivity index (χ0) is 18.5. The third-order valence-corrected chi connectivity index (χ3v) is 5.18. The van der Waals surface area contributed by atoms with Gasteiger partial charge in [-0.1, -0.05) is 15.9 Å². The zero-order valence-corrected chi connectivity index (χ0v) is 16.7. The van der Waals surface area contributed by atoms with E-state index in [1.54, 1.807) is 14.2 Å². The highest BCUT2D eigenvalue weighted by molar-refractivity contribution is 9.09. The average molecular weight is 422 g/mol. The number of fused-ring (bicyclic) bond motifs is 1. The molecule has 1 N–H and O–H groups in total. The summed E-state index contributed by atoms with van der Waals surface area (Å²) >= 11 is 3.40. The molecule has 0 bridgehead atoms. The number of rotatable bonds is 6. The second-order valence-electron chi connectivity index (χ2n) is 6.10. The maximum absolute atomic E-state index is 12.8. The highest BCUT2D eigenvalue weighted by Crippen LogP contribution is 2.38. The number of aromatic nitrogens is 1. The third-order valence-electron chi connectivity index (χ3n) is 4.62. The molecule has 6 nitrogen and oxygen atoms in total. The van der Waals surface area contributed by atoms with Crippen molar-refractivity contribution in [3.63, 3.8) is 0 Å². The van der Waals surface area contributed by atoms with Gasteiger partial charge in [0.05, 0.1) is 14.2 Å². The van der Waals surface area contributed by atoms with Crippen LogP contribution in [0.5, 0.6) is 11.5 Å². The number of urea groups is 1. The molecule has 0 fully saturated rings. The summed E-state index contributed by atoms with van der Waals surface area (Å²) in [5, 5.41) is 3.89. The second-order valence-corrected chi connectivity index (χ2v) is 6.90. The number of carbonyl (C=O) groups is 1. The Balaban J connectivity index is 1.98. The Morgan fingerprint density at radius 2 is 2.12 bits per heavy atom. The number of methoxy groups -OCH3 is 2. The van der Waals surface area contributed by atoms with Crippen molar-refractivity contribution in [1.82, 2.24) is 14.8 Å². The van der Waals surface area contributed by atoms with Crippen molar-refractivity contribution in [1.29, 1.82) is 0 Å². The number of ether oxygens (including phenoxy) is 2. The number of nitrogens with one attached hydrogen (secondary N) is 1. The highest BCUT2D eigenvalue weighted by Gasteiger charge is 2.34. The molecule has 2 aromatic rings. The van der Waals surface area contributed by atoms with Crippen LogP contribution in [0.3, 0.4) is 0 Å². The fourth-order valence-corrected chi connectivity index (χ4v) is 3.62. The fourth-order valence-electron chi connectivity index (χ4n) is 3.34. The van der Waals surface area contributed by atoms with Crippen LogP contribution in [0.25, 0.3) is 0 Å². The molecule has 1 aromatic heterocycles. The summed E-state index contributed by atoms with van der Waals surface area (Å²) in [7, 11) is 3.27. The quantitative estimate of drug-likeness (QED) is 0.574. The summed E-state index contributed by atoms with van der Waals surface area (Å²) in [5.74, 6) is 1.44. The minimum atomic E-state index is -0.205. The fraction of sp³-hybridized carbons (Fsp3) is 0.421. The molecule has 1 aliphatic heterocycles. The van der Waals surface area contributed by atoms with Crippen LogP contribution in [0.4, 0.5) is 4.79 Å². The Kier molecular flexibility index (Phi) is 6.08. The van der Waals surface area contributed by atoms with Gasteiger partial charge in [0.25, 0.3) is 0 Å². The molecule has 3 rings (SSSR count). The molecule has 0 unspecified atom stereocenters. The summed E-state index contributed by atoms with van der Waals surface area (Å²) in [5.41, 5.74) is 2.03. The lowest BCUT2D eigenvalue weighted by Gasteiger charge is -2.37. The lowest BCUT2D eigenvalue weighted by atomic mass is 9.99. The van der Waals surface area contributed by atoms with E-state index in [1.165, 1.54) is 0 Å². The molecule has 1 aromatic carbocycles. The predicted molar refractivity (Wildman–Crippen MR) is 104 cm³/mol. The molecule has 1 aliphatic rings. The molecular formula is C19H24BrN3O3. The van der Waals surface area contributed by atoms with E-state index in [0.717, 1.165) is 35.3 Å². The standard InChI is InChI=1S/C19H24BrN3O3/c1-25-14-6-7-15(17(13-14)26-2)18-16-5-3-10-22(16)11-12-23(18)19(24)21-9-4-8-20/h3,5-7,10,13,18H,4,8-9,11-12H2,1-2H3,(H,21,24)/t18-/m1/s1. The lowest BCUT2D eigenvalue weighted by Crippen LogP contribution is -2.47. The van der Waals surface area contributed by atoms with Crippen LogP contribution in [0.1, 0.15) is 23.7 Å². The number of nitrogens with zero attached hydrogens (tertiary/aromatic N) is 2. The molecule has 1 atom stereocenters. The number of hydrogen-bond donors (Lipinski definition) is 1. The van der Waals surface area contributed by atoms with Gasteiger partial charge in [-0.15, -0.1) is 0 Å². The Bertz CT molecular complexity index is 762. The maximum Gasteiger partial charge on any atom is 0.318 e. The molecule has 140 valence electrons. The number of benzene rings is 1. The number of halogens is 1. The van der Waals surface area contributed by atoms with Gasteiger partial charge in [0.15, 0.2) is 0 Å². The number of amides is 2. The topological polar surface area (TPSA) is 55.7 Å². The first-order valence-electron chi connectivity index (χ1n) is 8.67. The van der Waals surface area contributed by atoms with Crippen LogP contribution in [0.15, 0.2) is 36.5 Å². The summed E-state index contributed by atoms with van der Waals surface area (Å²) in [4.78, 5) is 14.7. The van der Waals surface area contributed by atoms with Crippen molar-refractivity contribution in [2.75, 3.05) is 32.6 Å². The molecule has 0 aliphatic carbocycles. The van der Waals surface area contributed by atoms with Gasteiger partial charge < -0.3 is 24.3 Å². The van der Waals surface area contributed by atoms with Crippen molar-refractivity contribution in [3.05, 3.63) is 47.8 Å². The van der Waals surface area contributed by atoms with Gasteiger partial charge in [-0.05, 0) is 30.7 Å². The van der Waals surface area contributed by atoms with Crippen molar-refractivity contribution >= 4 is 22.0 Å². The molecule has 7 heteroatoms. The summed E-state index contributed by atoms with van der Waals surface area (Å²) < 4.78 is 13.1. The van der Waals surface area contributed by atoms with E-state index in [-0.39, 0.29) is 12.1 Å². The van der Waals surface area contributed by atoms with Gasteiger partial charge in [-0.2, -0.15) is 0 Å². The SMILES string of the molecule is COc1ccc([C@@H]2c3cccn3CCN2C(=O)NCCCBr)c(OC)c1. The first kappa shape index (κ1) is 18.6. The Morgan fingerprint density at radius 1 is 1.27 bits per heavy atom. The number of alkyl halides is 1. The largest absolute Gasteiger partial charge is 0.497 e.